The van der Waals surface area contributed by atoms with Gasteiger partial charge in [-0.3, -0.25) is 10.1 Å². The van der Waals surface area contributed by atoms with E-state index in [2.05, 4.69) is 5.32 Å². The summed E-state index contributed by atoms with van der Waals surface area (Å²) >= 11 is 0. The molecule has 8 heteroatoms. The molecule has 110 valence electrons. The average Bonchev–Trinajstić information content (AvgIpc) is 2.36. The Bertz CT molecular complexity index is 521. The number of ether oxygens (including phenoxy) is 1. The van der Waals surface area contributed by atoms with Gasteiger partial charge in [-0.05, 0) is 19.9 Å². The Hall–Kier alpha value is -2.22. The summed E-state index contributed by atoms with van der Waals surface area (Å²) in [6, 6.07) is 1.51. The van der Waals surface area contributed by atoms with Crippen molar-refractivity contribution >= 4 is 17.3 Å². The SMILES string of the molecule is CCOC(C)CNc1cc(C(=O)O)c([N+](=O)[O-])cc1F. The lowest BCUT2D eigenvalue weighted by atomic mass is 10.1. The second-order valence-corrected chi connectivity index (χ2v) is 4.06. The van der Waals surface area contributed by atoms with Crippen molar-refractivity contribution < 1.29 is 24.0 Å². The van der Waals surface area contributed by atoms with E-state index in [1.54, 1.807) is 6.92 Å². The third-order valence-corrected chi connectivity index (χ3v) is 2.54. The van der Waals surface area contributed by atoms with Crippen LogP contribution in [0.2, 0.25) is 0 Å². The number of nitrogens with zero attached hydrogens (tertiary/aromatic N) is 1. The first-order chi connectivity index (χ1) is 9.36. The molecule has 0 amide bonds. The molecule has 0 saturated heterocycles. The Morgan fingerprint density at radius 3 is 2.75 bits per heavy atom. The molecular formula is C12H15FN2O5. The number of nitro groups is 1. The van der Waals surface area contributed by atoms with Gasteiger partial charge in [-0.2, -0.15) is 0 Å². The van der Waals surface area contributed by atoms with E-state index in [9.17, 15) is 19.3 Å². The molecular weight excluding hydrogens is 271 g/mol. The fourth-order valence-electron chi connectivity index (χ4n) is 1.62. The van der Waals surface area contributed by atoms with Crippen molar-refractivity contribution in [1.29, 1.82) is 0 Å². The number of aromatic carboxylic acids is 1. The number of halogens is 1. The maximum absolute atomic E-state index is 13.7. The van der Waals surface area contributed by atoms with Crippen molar-refractivity contribution in [3.63, 3.8) is 0 Å². The number of hydrogen-bond donors (Lipinski definition) is 2. The van der Waals surface area contributed by atoms with Crippen molar-refractivity contribution in [2.45, 2.75) is 20.0 Å². The first kappa shape index (κ1) is 15.8. The van der Waals surface area contributed by atoms with Crippen LogP contribution in [-0.2, 0) is 4.74 Å². The molecule has 0 fully saturated rings. The highest BCUT2D eigenvalue weighted by atomic mass is 19.1. The Labute approximate surface area is 114 Å². The zero-order valence-corrected chi connectivity index (χ0v) is 11.1. The van der Waals surface area contributed by atoms with Gasteiger partial charge in [0, 0.05) is 13.2 Å². The summed E-state index contributed by atoms with van der Waals surface area (Å²) in [4.78, 5) is 20.7. The summed E-state index contributed by atoms with van der Waals surface area (Å²) in [5.74, 6) is -2.37. The van der Waals surface area contributed by atoms with Crippen molar-refractivity contribution in [1.82, 2.24) is 0 Å². The van der Waals surface area contributed by atoms with Gasteiger partial charge in [0.2, 0.25) is 0 Å². The van der Waals surface area contributed by atoms with Gasteiger partial charge in [-0.1, -0.05) is 0 Å². The maximum atomic E-state index is 13.7. The summed E-state index contributed by atoms with van der Waals surface area (Å²) < 4.78 is 18.9. The van der Waals surface area contributed by atoms with Gasteiger partial charge in [0.05, 0.1) is 22.8 Å². The van der Waals surface area contributed by atoms with Gasteiger partial charge < -0.3 is 15.2 Å². The molecule has 0 saturated carbocycles. The zero-order valence-electron chi connectivity index (χ0n) is 11.1. The van der Waals surface area contributed by atoms with Crippen molar-refractivity contribution in [2.24, 2.45) is 0 Å². The van der Waals surface area contributed by atoms with E-state index in [1.807, 2.05) is 6.92 Å². The van der Waals surface area contributed by atoms with Crippen LogP contribution in [0.1, 0.15) is 24.2 Å². The molecule has 2 N–H and O–H groups in total. The Morgan fingerprint density at radius 2 is 2.25 bits per heavy atom. The zero-order chi connectivity index (χ0) is 15.3. The van der Waals surface area contributed by atoms with Crippen molar-refractivity contribution in [2.75, 3.05) is 18.5 Å². The predicted molar refractivity (Wildman–Crippen MR) is 69.6 cm³/mol. The molecule has 0 aliphatic heterocycles. The van der Waals surface area contributed by atoms with Crippen LogP contribution in [0.5, 0.6) is 0 Å². The molecule has 0 aliphatic rings. The first-order valence-corrected chi connectivity index (χ1v) is 5.93. The highest BCUT2D eigenvalue weighted by Crippen LogP contribution is 2.26. The largest absolute Gasteiger partial charge is 0.477 e. The third-order valence-electron chi connectivity index (χ3n) is 2.54. The number of carboxylic acid groups (broad SMARTS) is 1. The van der Waals surface area contributed by atoms with Crippen molar-refractivity contribution in [3.8, 4) is 0 Å². The van der Waals surface area contributed by atoms with Gasteiger partial charge in [0.1, 0.15) is 5.56 Å². The number of hydrogen-bond acceptors (Lipinski definition) is 5. The Morgan fingerprint density at radius 1 is 1.60 bits per heavy atom. The summed E-state index contributed by atoms with van der Waals surface area (Å²) in [5.41, 5.74) is -1.46. The van der Waals surface area contributed by atoms with Crippen LogP contribution in [0, 0.1) is 15.9 Å². The van der Waals surface area contributed by atoms with Gasteiger partial charge >= 0.3 is 5.97 Å². The van der Waals surface area contributed by atoms with E-state index in [4.69, 9.17) is 9.84 Å². The van der Waals surface area contributed by atoms with E-state index in [0.717, 1.165) is 6.07 Å². The van der Waals surface area contributed by atoms with E-state index >= 15 is 0 Å². The third kappa shape index (κ3) is 3.89. The van der Waals surface area contributed by atoms with E-state index in [-0.39, 0.29) is 18.3 Å². The lowest BCUT2D eigenvalue weighted by molar-refractivity contribution is -0.385. The minimum atomic E-state index is -1.49. The van der Waals surface area contributed by atoms with Gasteiger partial charge in [0.25, 0.3) is 5.69 Å². The number of carbonyl (C=O) groups is 1. The van der Waals surface area contributed by atoms with Gasteiger partial charge in [-0.25, -0.2) is 9.18 Å². The average molecular weight is 286 g/mol. The highest BCUT2D eigenvalue weighted by molar-refractivity contribution is 5.93. The fraction of sp³-hybridized carbons (Fsp3) is 0.417. The molecule has 1 rings (SSSR count). The van der Waals surface area contributed by atoms with E-state index in [1.165, 1.54) is 0 Å². The topological polar surface area (TPSA) is 102 Å². The molecule has 0 heterocycles. The number of carboxylic acids is 1. The second kappa shape index (κ2) is 6.80. The second-order valence-electron chi connectivity index (χ2n) is 4.06. The molecule has 1 aromatic rings. The van der Waals surface area contributed by atoms with Gasteiger partial charge in [0.15, 0.2) is 5.82 Å². The lowest BCUT2D eigenvalue weighted by Crippen LogP contribution is -2.20. The normalized spacial score (nSPS) is 11.9. The molecule has 7 nitrogen and oxygen atoms in total. The molecule has 20 heavy (non-hydrogen) atoms. The molecule has 0 radical (unpaired) electrons. The minimum Gasteiger partial charge on any atom is -0.477 e. The number of benzene rings is 1. The van der Waals surface area contributed by atoms with Crippen LogP contribution >= 0.6 is 0 Å². The molecule has 0 aliphatic carbocycles. The van der Waals surface area contributed by atoms with Gasteiger partial charge in [-0.15, -0.1) is 0 Å². The van der Waals surface area contributed by atoms with Crippen LogP contribution < -0.4 is 5.32 Å². The van der Waals surface area contributed by atoms with Crippen LogP contribution in [0.15, 0.2) is 12.1 Å². The number of anilines is 1. The minimum absolute atomic E-state index is 0.112. The standard InChI is InChI=1S/C12H15FN2O5/c1-3-20-7(2)6-14-10-4-8(12(16)17)11(15(18)19)5-9(10)13/h4-5,7,14H,3,6H2,1-2H3,(H,16,17). The summed E-state index contributed by atoms with van der Waals surface area (Å²) in [7, 11) is 0. The highest BCUT2D eigenvalue weighted by Gasteiger charge is 2.23. The summed E-state index contributed by atoms with van der Waals surface area (Å²) in [6.07, 6.45) is -0.206. The monoisotopic (exact) mass is 286 g/mol. The number of nitrogens with one attached hydrogen (secondary N) is 1. The predicted octanol–water partition coefficient (Wildman–Crippen LogP) is 2.27. The molecule has 0 spiro atoms. The molecule has 1 unspecified atom stereocenters. The van der Waals surface area contributed by atoms with Crippen LogP contribution in [0.25, 0.3) is 0 Å². The number of rotatable bonds is 7. The van der Waals surface area contributed by atoms with E-state index in [0.29, 0.717) is 12.7 Å². The molecule has 0 aromatic heterocycles. The fourth-order valence-corrected chi connectivity index (χ4v) is 1.62. The smallest absolute Gasteiger partial charge is 0.342 e. The van der Waals surface area contributed by atoms with E-state index < -0.39 is 28.0 Å². The van der Waals surface area contributed by atoms with Crippen LogP contribution in [0.3, 0.4) is 0 Å². The molecule has 0 bridgehead atoms. The maximum Gasteiger partial charge on any atom is 0.342 e. The Kier molecular flexibility index (Phi) is 5.39. The lowest BCUT2D eigenvalue weighted by Gasteiger charge is -2.14. The molecule has 1 atom stereocenters. The van der Waals surface area contributed by atoms with Crippen LogP contribution in [0.4, 0.5) is 15.8 Å². The summed E-state index contributed by atoms with van der Waals surface area (Å²) in [5, 5.41) is 22.3. The Balaban J connectivity index is 3.01. The summed E-state index contributed by atoms with van der Waals surface area (Å²) in [6.45, 7) is 4.32. The molecule has 1 aromatic carbocycles. The van der Waals surface area contributed by atoms with Crippen molar-refractivity contribution in [3.05, 3.63) is 33.6 Å². The first-order valence-electron chi connectivity index (χ1n) is 5.93. The number of nitro benzene ring substituents is 1. The van der Waals surface area contributed by atoms with Crippen LogP contribution in [-0.4, -0.2) is 35.3 Å². The quantitative estimate of drug-likeness (QED) is 0.589.